The summed E-state index contributed by atoms with van der Waals surface area (Å²) in [7, 11) is 0. The number of fused-ring (bicyclic) bond motifs is 1. The van der Waals surface area contributed by atoms with Crippen molar-refractivity contribution in [2.24, 2.45) is 5.73 Å². The van der Waals surface area contributed by atoms with E-state index in [0.29, 0.717) is 29.7 Å². The Morgan fingerprint density at radius 2 is 2.10 bits per heavy atom. The minimum atomic E-state index is -0.0226. The molecular weight excluding hydrogens is 282 g/mol. The number of amides is 1. The molecule has 108 valence electrons. The lowest BCUT2D eigenvalue weighted by molar-refractivity contribution is 0.0744. The Morgan fingerprint density at radius 3 is 2.81 bits per heavy atom. The predicted molar refractivity (Wildman–Crippen MR) is 87.2 cm³/mol. The lowest BCUT2D eigenvalue weighted by Gasteiger charge is -2.22. The summed E-state index contributed by atoms with van der Waals surface area (Å²) in [5.41, 5.74) is 6.09. The fourth-order valence-electron chi connectivity index (χ4n) is 2.49. The van der Waals surface area contributed by atoms with Crippen LogP contribution in [0.25, 0.3) is 10.8 Å². The zero-order valence-corrected chi connectivity index (χ0v) is 12.5. The van der Waals surface area contributed by atoms with Crippen molar-refractivity contribution in [3.8, 4) is 0 Å². The Labute approximate surface area is 129 Å². The standard InChI is InChI=1S/C16H17N3OS/c17-14(21)8-10-19(12-5-6-12)16(20)15-13-4-2-1-3-11(13)7-9-18-15/h1-4,7,9,12H,5-6,8,10H2,(H2,17,21). The molecule has 1 heterocycles. The second-order valence-electron chi connectivity index (χ2n) is 5.33. The molecule has 1 saturated carbocycles. The topological polar surface area (TPSA) is 59.2 Å². The molecule has 0 radical (unpaired) electrons. The van der Waals surface area contributed by atoms with Gasteiger partial charge in [0, 0.05) is 30.6 Å². The van der Waals surface area contributed by atoms with Gasteiger partial charge in [0.15, 0.2) is 0 Å². The lowest BCUT2D eigenvalue weighted by atomic mass is 10.1. The molecule has 4 nitrogen and oxygen atoms in total. The van der Waals surface area contributed by atoms with Crippen LogP contribution in [-0.2, 0) is 0 Å². The molecule has 3 rings (SSSR count). The number of benzene rings is 1. The van der Waals surface area contributed by atoms with Gasteiger partial charge in [-0.2, -0.15) is 0 Å². The summed E-state index contributed by atoms with van der Waals surface area (Å²) < 4.78 is 0. The number of nitrogens with two attached hydrogens (primary N) is 1. The van der Waals surface area contributed by atoms with Crippen LogP contribution in [0, 0.1) is 0 Å². The first-order chi connectivity index (χ1) is 10.2. The highest BCUT2D eigenvalue weighted by atomic mass is 32.1. The molecule has 0 atom stereocenters. The molecule has 1 aromatic carbocycles. The largest absolute Gasteiger partial charge is 0.393 e. The number of nitrogens with zero attached hydrogens (tertiary/aromatic N) is 2. The molecule has 0 spiro atoms. The van der Waals surface area contributed by atoms with E-state index in [0.717, 1.165) is 23.6 Å². The first kappa shape index (κ1) is 13.9. The second-order valence-corrected chi connectivity index (χ2v) is 5.85. The maximum absolute atomic E-state index is 12.8. The highest BCUT2D eigenvalue weighted by molar-refractivity contribution is 7.80. The van der Waals surface area contributed by atoms with Gasteiger partial charge in [-0.25, -0.2) is 0 Å². The highest BCUT2D eigenvalue weighted by Crippen LogP contribution is 2.29. The van der Waals surface area contributed by atoms with Gasteiger partial charge in [0.1, 0.15) is 5.69 Å². The van der Waals surface area contributed by atoms with Crippen molar-refractivity contribution in [1.29, 1.82) is 0 Å². The number of hydrogen-bond acceptors (Lipinski definition) is 3. The number of rotatable bonds is 5. The first-order valence-corrected chi connectivity index (χ1v) is 7.50. The third-order valence-corrected chi connectivity index (χ3v) is 3.93. The van der Waals surface area contributed by atoms with Gasteiger partial charge in [-0.05, 0) is 24.3 Å². The molecule has 1 aliphatic carbocycles. The normalized spacial score (nSPS) is 14.1. The molecule has 0 bridgehead atoms. The van der Waals surface area contributed by atoms with Gasteiger partial charge in [-0.15, -0.1) is 0 Å². The zero-order chi connectivity index (χ0) is 14.8. The van der Waals surface area contributed by atoms with Gasteiger partial charge in [-0.3, -0.25) is 9.78 Å². The summed E-state index contributed by atoms with van der Waals surface area (Å²) in [6.07, 6.45) is 4.35. The minimum absolute atomic E-state index is 0.0226. The van der Waals surface area contributed by atoms with Crippen LogP contribution in [-0.4, -0.2) is 33.4 Å². The molecule has 1 fully saturated rings. The quantitative estimate of drug-likeness (QED) is 0.862. The van der Waals surface area contributed by atoms with Gasteiger partial charge < -0.3 is 10.6 Å². The lowest BCUT2D eigenvalue weighted by Crippen LogP contribution is -2.36. The van der Waals surface area contributed by atoms with Crippen LogP contribution in [0.4, 0.5) is 0 Å². The average Bonchev–Trinajstić information content (AvgIpc) is 3.31. The van der Waals surface area contributed by atoms with Gasteiger partial charge in [0.2, 0.25) is 0 Å². The Morgan fingerprint density at radius 1 is 1.33 bits per heavy atom. The Kier molecular flexibility index (Phi) is 3.84. The molecule has 0 saturated heterocycles. The van der Waals surface area contributed by atoms with Crippen LogP contribution in [0.15, 0.2) is 36.5 Å². The summed E-state index contributed by atoms with van der Waals surface area (Å²) in [4.78, 5) is 19.5. The third-order valence-electron chi connectivity index (χ3n) is 3.72. The molecule has 2 N–H and O–H groups in total. The third kappa shape index (κ3) is 3.03. The molecule has 0 aliphatic heterocycles. The van der Waals surface area contributed by atoms with Crippen LogP contribution in [0.3, 0.4) is 0 Å². The SMILES string of the molecule is NC(=S)CCN(C(=O)c1nccc2ccccc12)C1CC1. The number of thiocarbonyl (C=S) groups is 1. The van der Waals surface area contributed by atoms with Crippen molar-refractivity contribution in [3.05, 3.63) is 42.2 Å². The van der Waals surface area contributed by atoms with E-state index in [1.165, 1.54) is 0 Å². The maximum atomic E-state index is 12.8. The van der Waals surface area contributed by atoms with Crippen molar-refractivity contribution in [3.63, 3.8) is 0 Å². The number of carbonyl (C=O) groups excluding carboxylic acids is 1. The van der Waals surface area contributed by atoms with Crippen molar-refractivity contribution < 1.29 is 4.79 Å². The Balaban J connectivity index is 1.92. The first-order valence-electron chi connectivity index (χ1n) is 7.10. The molecular formula is C16H17N3OS. The highest BCUT2D eigenvalue weighted by Gasteiger charge is 2.33. The van der Waals surface area contributed by atoms with Crippen LogP contribution in [0.2, 0.25) is 0 Å². The summed E-state index contributed by atoms with van der Waals surface area (Å²) in [6.45, 7) is 0.573. The van der Waals surface area contributed by atoms with E-state index in [2.05, 4.69) is 4.98 Å². The molecule has 1 amide bonds. The van der Waals surface area contributed by atoms with Crippen molar-refractivity contribution in [2.45, 2.75) is 25.3 Å². The van der Waals surface area contributed by atoms with E-state index >= 15 is 0 Å². The summed E-state index contributed by atoms with van der Waals surface area (Å²) in [6, 6.07) is 10.0. The van der Waals surface area contributed by atoms with Crippen LogP contribution in [0.1, 0.15) is 29.8 Å². The van der Waals surface area contributed by atoms with E-state index < -0.39 is 0 Å². The number of aromatic nitrogens is 1. The number of pyridine rings is 1. The summed E-state index contributed by atoms with van der Waals surface area (Å²) in [5, 5.41) is 1.92. The van der Waals surface area contributed by atoms with E-state index in [1.54, 1.807) is 6.20 Å². The van der Waals surface area contributed by atoms with Crippen LogP contribution >= 0.6 is 12.2 Å². The van der Waals surface area contributed by atoms with E-state index in [9.17, 15) is 4.79 Å². The predicted octanol–water partition coefficient (Wildman–Crippen LogP) is 2.52. The fourth-order valence-corrected chi connectivity index (χ4v) is 2.58. The maximum Gasteiger partial charge on any atom is 0.273 e. The monoisotopic (exact) mass is 299 g/mol. The van der Waals surface area contributed by atoms with Crippen LogP contribution in [0.5, 0.6) is 0 Å². The van der Waals surface area contributed by atoms with Crippen molar-refractivity contribution >= 4 is 33.9 Å². The summed E-state index contributed by atoms with van der Waals surface area (Å²) >= 11 is 4.93. The molecule has 21 heavy (non-hydrogen) atoms. The van der Waals surface area contributed by atoms with E-state index in [-0.39, 0.29) is 5.91 Å². The van der Waals surface area contributed by atoms with Gasteiger partial charge in [-0.1, -0.05) is 36.5 Å². The van der Waals surface area contributed by atoms with E-state index in [1.807, 2.05) is 35.2 Å². The molecule has 1 aromatic heterocycles. The van der Waals surface area contributed by atoms with Gasteiger partial charge in [0.25, 0.3) is 5.91 Å². The summed E-state index contributed by atoms with van der Waals surface area (Å²) in [5.74, 6) is -0.0226. The number of carbonyl (C=O) groups is 1. The fraction of sp³-hybridized carbons (Fsp3) is 0.312. The second kappa shape index (κ2) is 5.77. The Bertz CT molecular complexity index is 691. The minimum Gasteiger partial charge on any atom is -0.393 e. The Hall–Kier alpha value is -2.01. The van der Waals surface area contributed by atoms with Crippen molar-refractivity contribution in [2.75, 3.05) is 6.54 Å². The zero-order valence-electron chi connectivity index (χ0n) is 11.7. The molecule has 0 unspecified atom stereocenters. The van der Waals surface area contributed by atoms with Gasteiger partial charge >= 0.3 is 0 Å². The van der Waals surface area contributed by atoms with E-state index in [4.69, 9.17) is 18.0 Å². The molecule has 5 heteroatoms. The van der Waals surface area contributed by atoms with Gasteiger partial charge in [0.05, 0.1) is 4.99 Å². The van der Waals surface area contributed by atoms with Crippen molar-refractivity contribution in [1.82, 2.24) is 9.88 Å². The average molecular weight is 299 g/mol. The molecule has 1 aliphatic rings. The van der Waals surface area contributed by atoms with Crippen LogP contribution < -0.4 is 5.73 Å². The molecule has 2 aromatic rings. The number of hydrogen-bond donors (Lipinski definition) is 1. The smallest absolute Gasteiger partial charge is 0.273 e.